The maximum atomic E-state index is 11.0. The average Bonchev–Trinajstić information content (AvgIpc) is 2.50. The van der Waals surface area contributed by atoms with Gasteiger partial charge in [-0.15, -0.1) is 0 Å². The third kappa shape index (κ3) is 5.90. The van der Waals surface area contributed by atoms with Crippen molar-refractivity contribution in [2.45, 2.75) is 6.92 Å². The summed E-state index contributed by atoms with van der Waals surface area (Å²) >= 11 is 0. The molecule has 3 N–H and O–H groups in total. The molecule has 1 aromatic rings. The molecule has 0 aliphatic heterocycles. The zero-order valence-electron chi connectivity index (χ0n) is 12.1. The van der Waals surface area contributed by atoms with E-state index >= 15 is 0 Å². The van der Waals surface area contributed by atoms with Crippen molar-refractivity contribution < 1.29 is 24.2 Å². The van der Waals surface area contributed by atoms with Gasteiger partial charge >= 0.3 is 12.2 Å². The Morgan fingerprint density at radius 2 is 1.91 bits per heavy atom. The number of benzene rings is 1. The largest absolute Gasteiger partial charge is 0.507 e. The van der Waals surface area contributed by atoms with Crippen molar-refractivity contribution in [1.82, 2.24) is 10.9 Å². The molecule has 1 aromatic carbocycles. The first-order valence-electron chi connectivity index (χ1n) is 6.22. The summed E-state index contributed by atoms with van der Waals surface area (Å²) in [6.07, 6.45) is 1.21. The normalized spacial score (nSPS) is 10.6. The number of hydrogen-bond donors (Lipinski definition) is 3. The van der Waals surface area contributed by atoms with E-state index in [4.69, 9.17) is 0 Å². The molecule has 0 spiro atoms. The Labute approximate surface area is 126 Å². The second-order valence-corrected chi connectivity index (χ2v) is 3.77. The summed E-state index contributed by atoms with van der Waals surface area (Å²) in [6.45, 7) is 1.89. The topological polar surface area (TPSA) is 122 Å². The highest BCUT2D eigenvalue weighted by Crippen LogP contribution is 2.15. The fraction of sp³-hybridized carbons (Fsp3) is 0.231. The van der Waals surface area contributed by atoms with Crippen LogP contribution in [0, 0.1) is 0 Å². The van der Waals surface area contributed by atoms with Crippen LogP contribution in [-0.4, -0.2) is 43.4 Å². The van der Waals surface area contributed by atoms with Crippen molar-refractivity contribution in [2.24, 2.45) is 10.2 Å². The molecule has 118 valence electrons. The van der Waals surface area contributed by atoms with Crippen LogP contribution < -0.4 is 10.9 Å². The van der Waals surface area contributed by atoms with Crippen LogP contribution in [0.1, 0.15) is 18.1 Å². The highest BCUT2D eigenvalue weighted by molar-refractivity contribution is 5.89. The first-order valence-corrected chi connectivity index (χ1v) is 6.22. The lowest BCUT2D eigenvalue weighted by Gasteiger charge is -2.02. The van der Waals surface area contributed by atoms with E-state index in [1.165, 1.54) is 25.6 Å². The molecule has 0 heterocycles. The van der Waals surface area contributed by atoms with Crippen LogP contribution in [0.4, 0.5) is 9.59 Å². The lowest BCUT2D eigenvalue weighted by atomic mass is 10.1. The number of ether oxygens (including phenoxy) is 2. The summed E-state index contributed by atoms with van der Waals surface area (Å²) in [7, 11) is 1.22. The van der Waals surface area contributed by atoms with Gasteiger partial charge < -0.3 is 14.6 Å². The van der Waals surface area contributed by atoms with Crippen molar-refractivity contribution in [3.8, 4) is 5.75 Å². The maximum Gasteiger partial charge on any atom is 0.427 e. The minimum Gasteiger partial charge on any atom is -0.507 e. The molecule has 0 aliphatic rings. The number of rotatable bonds is 5. The van der Waals surface area contributed by atoms with E-state index in [0.29, 0.717) is 11.1 Å². The van der Waals surface area contributed by atoms with Gasteiger partial charge in [0.25, 0.3) is 0 Å². The number of carbonyl (C=O) groups excluding carboxylic acids is 2. The second-order valence-electron chi connectivity index (χ2n) is 3.77. The summed E-state index contributed by atoms with van der Waals surface area (Å²) in [5, 5.41) is 17.0. The molecule has 0 radical (unpaired) electrons. The highest BCUT2D eigenvalue weighted by atomic mass is 16.6. The number of nitrogens with zero attached hydrogens (tertiary/aromatic N) is 2. The predicted octanol–water partition coefficient (Wildman–Crippen LogP) is 1.16. The molecule has 0 atom stereocenters. The second kappa shape index (κ2) is 8.95. The van der Waals surface area contributed by atoms with Crippen molar-refractivity contribution in [3.63, 3.8) is 0 Å². The van der Waals surface area contributed by atoms with Crippen molar-refractivity contribution >= 4 is 24.6 Å². The van der Waals surface area contributed by atoms with Crippen LogP contribution >= 0.6 is 0 Å². The Morgan fingerprint density at radius 1 is 1.23 bits per heavy atom. The zero-order chi connectivity index (χ0) is 16.4. The number of hydrazone groups is 2. The van der Waals surface area contributed by atoms with E-state index in [-0.39, 0.29) is 12.4 Å². The lowest BCUT2D eigenvalue weighted by Crippen LogP contribution is -2.18. The van der Waals surface area contributed by atoms with Gasteiger partial charge in [-0.2, -0.15) is 10.2 Å². The fourth-order valence-corrected chi connectivity index (χ4v) is 1.28. The van der Waals surface area contributed by atoms with Gasteiger partial charge in [0.05, 0.1) is 26.1 Å². The monoisotopic (exact) mass is 308 g/mol. The lowest BCUT2D eigenvalue weighted by molar-refractivity contribution is 0.152. The van der Waals surface area contributed by atoms with Crippen LogP contribution in [-0.2, 0) is 9.47 Å². The molecule has 0 aliphatic carbocycles. The van der Waals surface area contributed by atoms with Gasteiger partial charge in [0.1, 0.15) is 5.75 Å². The molecule has 0 fully saturated rings. The quantitative estimate of drug-likeness (QED) is 0.556. The Bertz CT molecular complexity index is 586. The Balaban J connectivity index is 2.71. The predicted molar refractivity (Wildman–Crippen MR) is 79.0 cm³/mol. The first kappa shape index (κ1) is 17.0. The van der Waals surface area contributed by atoms with Gasteiger partial charge in [0, 0.05) is 5.56 Å². The zero-order valence-corrected chi connectivity index (χ0v) is 12.1. The summed E-state index contributed by atoms with van der Waals surface area (Å²) in [6, 6.07) is 4.55. The molecule has 0 saturated heterocycles. The van der Waals surface area contributed by atoms with Crippen molar-refractivity contribution in [3.05, 3.63) is 29.3 Å². The first-order chi connectivity index (χ1) is 10.6. The Morgan fingerprint density at radius 3 is 2.59 bits per heavy atom. The number of phenols is 1. The Kier molecular flexibility index (Phi) is 6.90. The number of aromatic hydroxyl groups is 1. The van der Waals surface area contributed by atoms with Crippen LogP contribution in [0.25, 0.3) is 0 Å². The van der Waals surface area contributed by atoms with Crippen LogP contribution in [0.15, 0.2) is 28.4 Å². The van der Waals surface area contributed by atoms with Gasteiger partial charge in [-0.3, -0.25) is 0 Å². The SMILES string of the molecule is CCOC(=O)N/N=C/c1cc(/C=N/NC(=O)OC)ccc1O. The number of phenolic OH excluding ortho intramolecular Hbond substituents is 1. The molecule has 22 heavy (non-hydrogen) atoms. The maximum absolute atomic E-state index is 11.0. The molecule has 0 unspecified atom stereocenters. The number of methoxy groups -OCH3 is 1. The summed E-state index contributed by atoms with van der Waals surface area (Å²) in [4.78, 5) is 21.9. The molecule has 1 rings (SSSR count). The summed E-state index contributed by atoms with van der Waals surface area (Å²) in [5.74, 6) is -0.0347. The number of nitrogens with one attached hydrogen (secondary N) is 2. The van der Waals surface area contributed by atoms with Gasteiger partial charge in [0.15, 0.2) is 0 Å². The molecule has 9 heteroatoms. The minimum atomic E-state index is -0.699. The van der Waals surface area contributed by atoms with E-state index in [1.54, 1.807) is 19.1 Å². The number of hydrogen-bond acceptors (Lipinski definition) is 7. The molecule has 2 amide bonds. The Hall–Kier alpha value is -3.10. The standard InChI is InChI=1S/C13H16N4O5/c1-3-22-13(20)17-15-8-10-6-9(4-5-11(10)18)7-14-16-12(19)21-2/h4-8,18H,3H2,1-2H3,(H,16,19)(H,17,20)/b14-7+,15-8+. The van der Waals surface area contributed by atoms with Gasteiger partial charge in [0.2, 0.25) is 0 Å². The summed E-state index contributed by atoms with van der Waals surface area (Å²) < 4.78 is 8.97. The molecule has 0 bridgehead atoms. The molecule has 0 saturated carbocycles. The van der Waals surface area contributed by atoms with Gasteiger partial charge in [-0.25, -0.2) is 20.4 Å². The van der Waals surface area contributed by atoms with E-state index in [0.717, 1.165) is 0 Å². The average molecular weight is 308 g/mol. The molecule has 9 nitrogen and oxygen atoms in total. The third-order valence-electron chi connectivity index (χ3n) is 2.24. The van der Waals surface area contributed by atoms with Crippen LogP contribution in [0.3, 0.4) is 0 Å². The van der Waals surface area contributed by atoms with E-state index in [9.17, 15) is 14.7 Å². The van der Waals surface area contributed by atoms with Gasteiger partial charge in [-0.05, 0) is 30.7 Å². The van der Waals surface area contributed by atoms with Crippen molar-refractivity contribution in [1.29, 1.82) is 0 Å². The molecular weight excluding hydrogens is 292 g/mol. The van der Waals surface area contributed by atoms with E-state index in [1.807, 2.05) is 0 Å². The van der Waals surface area contributed by atoms with Gasteiger partial charge in [-0.1, -0.05) is 0 Å². The molecular formula is C13H16N4O5. The molecule has 0 aromatic heterocycles. The van der Waals surface area contributed by atoms with E-state index in [2.05, 4.69) is 30.5 Å². The number of amides is 2. The third-order valence-corrected chi connectivity index (χ3v) is 2.24. The van der Waals surface area contributed by atoms with Crippen molar-refractivity contribution in [2.75, 3.05) is 13.7 Å². The van der Waals surface area contributed by atoms with Crippen LogP contribution in [0.5, 0.6) is 5.75 Å². The smallest absolute Gasteiger partial charge is 0.427 e. The summed E-state index contributed by atoms with van der Waals surface area (Å²) in [5.41, 5.74) is 5.20. The minimum absolute atomic E-state index is 0.0347. The van der Waals surface area contributed by atoms with Crippen LogP contribution in [0.2, 0.25) is 0 Å². The number of carbonyl (C=O) groups is 2. The highest BCUT2D eigenvalue weighted by Gasteiger charge is 2.01. The fourth-order valence-electron chi connectivity index (χ4n) is 1.28. The van der Waals surface area contributed by atoms with E-state index < -0.39 is 12.2 Å².